The highest BCUT2D eigenvalue weighted by molar-refractivity contribution is 5.93. The molecule has 1 amide bonds. The van der Waals surface area contributed by atoms with Crippen LogP contribution in [0.4, 0.5) is 26.3 Å². The van der Waals surface area contributed by atoms with E-state index in [1.807, 2.05) is 0 Å². The first kappa shape index (κ1) is 22.8. The van der Waals surface area contributed by atoms with Gasteiger partial charge in [-0.1, -0.05) is 0 Å². The molecule has 33 heavy (non-hydrogen) atoms. The minimum atomic E-state index is -4.69. The molecule has 1 atom stereocenters. The van der Waals surface area contributed by atoms with E-state index in [0.717, 1.165) is 16.9 Å². The molecule has 4 rings (SSSR count). The Bertz CT molecular complexity index is 1180. The van der Waals surface area contributed by atoms with E-state index in [2.05, 4.69) is 20.5 Å². The quantitative estimate of drug-likeness (QED) is 0.574. The van der Waals surface area contributed by atoms with Crippen LogP contribution in [0.3, 0.4) is 0 Å². The fourth-order valence-electron chi connectivity index (χ4n) is 3.75. The average molecular weight is 472 g/mol. The molecular weight excluding hydrogens is 454 g/mol. The second-order valence-electron chi connectivity index (χ2n) is 7.52. The number of nitrogens with zero attached hydrogens (tertiary/aromatic N) is 5. The summed E-state index contributed by atoms with van der Waals surface area (Å²) in [5, 5.41) is 10.5. The number of nitrogens with one attached hydrogen (secondary N) is 1. The third-order valence-electron chi connectivity index (χ3n) is 5.31. The highest BCUT2D eigenvalue weighted by atomic mass is 19.4. The van der Waals surface area contributed by atoms with Crippen molar-refractivity contribution in [2.75, 3.05) is 0 Å². The topological polar surface area (TPSA) is 77.6 Å². The summed E-state index contributed by atoms with van der Waals surface area (Å²) in [6, 6.07) is 2.37. The molecule has 13 heteroatoms. The second kappa shape index (κ2) is 8.19. The predicted molar refractivity (Wildman–Crippen MR) is 102 cm³/mol. The molecule has 0 saturated carbocycles. The van der Waals surface area contributed by atoms with Gasteiger partial charge in [0.1, 0.15) is 11.4 Å². The molecule has 1 aliphatic carbocycles. The van der Waals surface area contributed by atoms with Crippen molar-refractivity contribution in [3.8, 4) is 5.69 Å². The van der Waals surface area contributed by atoms with Crippen molar-refractivity contribution in [1.82, 2.24) is 29.9 Å². The lowest BCUT2D eigenvalue weighted by Crippen LogP contribution is -2.32. The highest BCUT2D eigenvalue weighted by Gasteiger charge is 2.36. The van der Waals surface area contributed by atoms with Crippen LogP contribution in [0.1, 0.15) is 58.9 Å². The Balaban J connectivity index is 1.61. The van der Waals surface area contributed by atoms with Crippen molar-refractivity contribution in [2.24, 2.45) is 0 Å². The summed E-state index contributed by atoms with van der Waals surface area (Å²) in [5.41, 5.74) is -1.11. The van der Waals surface area contributed by atoms with Gasteiger partial charge in [-0.2, -0.15) is 36.5 Å². The molecular formula is C20H18F6N6O. The summed E-state index contributed by atoms with van der Waals surface area (Å²) in [5.74, 6) is -0.728. The number of amides is 1. The zero-order valence-corrected chi connectivity index (χ0v) is 17.2. The van der Waals surface area contributed by atoms with Gasteiger partial charge in [-0.3, -0.25) is 14.5 Å². The molecule has 0 aromatic carbocycles. The predicted octanol–water partition coefficient (Wildman–Crippen LogP) is 4.33. The zero-order chi connectivity index (χ0) is 24.0. The maximum absolute atomic E-state index is 13.0. The van der Waals surface area contributed by atoms with Crippen molar-refractivity contribution in [3.63, 3.8) is 0 Å². The molecule has 3 aromatic heterocycles. The standard InChI is InChI=1S/C20H18F6N6O/c1-2-31-15(9-17(30-31)20(24,25)26)18(33)28-13-4-3-5-14-12(13)10-32(29-14)11-6-7-27-16(8-11)19(21,22)23/h6-10,13H,2-5H2,1H3,(H,28,33)/t13-/m0/s1. The number of hydrogen-bond acceptors (Lipinski definition) is 4. The fourth-order valence-corrected chi connectivity index (χ4v) is 3.75. The molecule has 1 N–H and O–H groups in total. The Morgan fingerprint density at radius 3 is 2.52 bits per heavy atom. The summed E-state index contributed by atoms with van der Waals surface area (Å²) in [7, 11) is 0. The maximum Gasteiger partial charge on any atom is 0.435 e. The SMILES string of the molecule is CCn1nc(C(F)(F)F)cc1C(=O)N[C@H]1CCCc2nn(-c3ccnc(C(F)(F)F)c3)cc21. The third-order valence-corrected chi connectivity index (χ3v) is 5.31. The molecule has 3 heterocycles. The molecule has 1 aliphatic rings. The number of carbonyl (C=O) groups is 1. The van der Waals surface area contributed by atoms with Gasteiger partial charge in [-0.15, -0.1) is 0 Å². The van der Waals surface area contributed by atoms with Gasteiger partial charge < -0.3 is 5.32 Å². The van der Waals surface area contributed by atoms with E-state index in [1.54, 1.807) is 6.92 Å². The Labute approximate surface area is 183 Å². The first-order valence-electron chi connectivity index (χ1n) is 10.1. The monoisotopic (exact) mass is 472 g/mol. The van der Waals surface area contributed by atoms with Crippen LogP contribution in [0.25, 0.3) is 5.69 Å². The third kappa shape index (κ3) is 4.57. The van der Waals surface area contributed by atoms with Crippen molar-refractivity contribution in [1.29, 1.82) is 0 Å². The van der Waals surface area contributed by atoms with E-state index >= 15 is 0 Å². The minimum absolute atomic E-state index is 0.0657. The fraction of sp³-hybridized carbons (Fsp3) is 0.400. The maximum atomic E-state index is 13.0. The first-order valence-corrected chi connectivity index (χ1v) is 10.1. The van der Waals surface area contributed by atoms with Gasteiger partial charge in [-0.05, 0) is 38.3 Å². The number of aromatic nitrogens is 5. The lowest BCUT2D eigenvalue weighted by Gasteiger charge is -2.22. The van der Waals surface area contributed by atoms with E-state index < -0.39 is 35.7 Å². The largest absolute Gasteiger partial charge is 0.435 e. The molecule has 0 unspecified atom stereocenters. The van der Waals surface area contributed by atoms with Crippen LogP contribution < -0.4 is 5.32 Å². The van der Waals surface area contributed by atoms with Gasteiger partial charge in [-0.25, -0.2) is 4.68 Å². The van der Waals surface area contributed by atoms with E-state index in [-0.39, 0.29) is 17.9 Å². The molecule has 0 bridgehead atoms. The van der Waals surface area contributed by atoms with E-state index in [4.69, 9.17) is 0 Å². The lowest BCUT2D eigenvalue weighted by atomic mass is 9.93. The minimum Gasteiger partial charge on any atom is -0.344 e. The van der Waals surface area contributed by atoms with E-state index in [0.29, 0.717) is 36.6 Å². The van der Waals surface area contributed by atoms with Gasteiger partial charge in [0, 0.05) is 30.6 Å². The lowest BCUT2D eigenvalue weighted by molar-refractivity contribution is -0.142. The van der Waals surface area contributed by atoms with Crippen LogP contribution in [-0.2, 0) is 25.3 Å². The normalized spacial score (nSPS) is 16.5. The Kier molecular flexibility index (Phi) is 5.66. The van der Waals surface area contributed by atoms with Gasteiger partial charge in [0.2, 0.25) is 0 Å². The van der Waals surface area contributed by atoms with E-state index in [1.165, 1.54) is 16.9 Å². The second-order valence-corrected chi connectivity index (χ2v) is 7.52. The summed E-state index contributed by atoms with van der Waals surface area (Å²) in [4.78, 5) is 16.1. The van der Waals surface area contributed by atoms with Crippen LogP contribution in [0, 0.1) is 0 Å². The zero-order valence-electron chi connectivity index (χ0n) is 17.2. The molecule has 3 aromatic rings. The number of rotatable bonds is 4. The Morgan fingerprint density at radius 2 is 1.85 bits per heavy atom. The van der Waals surface area contributed by atoms with Crippen molar-refractivity contribution in [2.45, 2.75) is 51.1 Å². The smallest absolute Gasteiger partial charge is 0.344 e. The van der Waals surface area contributed by atoms with Crippen LogP contribution in [0.15, 0.2) is 30.6 Å². The van der Waals surface area contributed by atoms with Gasteiger partial charge in [0.05, 0.1) is 17.4 Å². The molecule has 0 radical (unpaired) electrons. The number of alkyl halides is 6. The molecule has 0 fully saturated rings. The van der Waals surface area contributed by atoms with Crippen molar-refractivity contribution in [3.05, 3.63) is 58.9 Å². The van der Waals surface area contributed by atoms with Gasteiger partial charge in [0.15, 0.2) is 5.69 Å². The van der Waals surface area contributed by atoms with Crippen LogP contribution in [-0.4, -0.2) is 30.5 Å². The number of aryl methyl sites for hydroxylation is 2. The summed E-state index contributed by atoms with van der Waals surface area (Å²) < 4.78 is 80.3. The Hall–Kier alpha value is -3.38. The van der Waals surface area contributed by atoms with Crippen molar-refractivity contribution >= 4 is 5.91 Å². The molecule has 0 aliphatic heterocycles. The number of fused-ring (bicyclic) bond motifs is 1. The van der Waals surface area contributed by atoms with Crippen LogP contribution >= 0.6 is 0 Å². The average Bonchev–Trinajstić information content (AvgIpc) is 3.38. The van der Waals surface area contributed by atoms with Crippen LogP contribution in [0.2, 0.25) is 0 Å². The highest BCUT2D eigenvalue weighted by Crippen LogP contribution is 2.33. The molecule has 0 spiro atoms. The molecule has 7 nitrogen and oxygen atoms in total. The van der Waals surface area contributed by atoms with Gasteiger partial charge in [0.25, 0.3) is 5.91 Å². The van der Waals surface area contributed by atoms with Gasteiger partial charge >= 0.3 is 12.4 Å². The summed E-state index contributed by atoms with van der Waals surface area (Å²) in [6.45, 7) is 1.63. The van der Waals surface area contributed by atoms with Crippen LogP contribution in [0.5, 0.6) is 0 Å². The number of hydrogen-bond donors (Lipinski definition) is 1. The Morgan fingerprint density at radius 1 is 1.12 bits per heavy atom. The summed E-state index contributed by atoms with van der Waals surface area (Å²) in [6.07, 6.45) is -5.06. The number of halogens is 6. The number of carbonyl (C=O) groups excluding carboxylic acids is 1. The first-order chi connectivity index (χ1) is 15.5. The van der Waals surface area contributed by atoms with E-state index in [9.17, 15) is 31.1 Å². The molecule has 0 saturated heterocycles. The number of pyridine rings is 1. The van der Waals surface area contributed by atoms with Crippen molar-refractivity contribution < 1.29 is 31.1 Å². The summed E-state index contributed by atoms with van der Waals surface area (Å²) >= 11 is 0. The molecule has 176 valence electrons.